The molecule has 0 spiro atoms. The van der Waals surface area contributed by atoms with Gasteiger partial charge in [-0.05, 0) is 5.92 Å². The predicted molar refractivity (Wildman–Crippen MR) is 68.1 cm³/mol. The van der Waals surface area contributed by atoms with Crippen molar-refractivity contribution in [1.82, 2.24) is 0 Å². The molecule has 0 bridgehead atoms. The number of carboxylic acids is 2. The molecule has 0 saturated heterocycles. The Balaban J connectivity index is -0.000000256. The molecule has 0 saturated carbocycles. The van der Waals surface area contributed by atoms with Crippen molar-refractivity contribution >= 4 is 17.8 Å². The Kier molecular flexibility index (Phi) is 13.5. The van der Waals surface area contributed by atoms with Gasteiger partial charge in [0.15, 0.2) is 0 Å². The van der Waals surface area contributed by atoms with Crippen molar-refractivity contribution in [2.45, 2.75) is 38.8 Å². The number of carbonyl (C=O) groups excluding carboxylic acids is 1. The van der Waals surface area contributed by atoms with Crippen LogP contribution in [0, 0.1) is 5.92 Å². The summed E-state index contributed by atoms with van der Waals surface area (Å²) in [5.41, 5.74) is 14.8. The molecule has 0 rings (SSSR count). The van der Waals surface area contributed by atoms with E-state index in [1.165, 1.54) is 0 Å². The molecule has 3 atom stereocenters. The zero-order valence-corrected chi connectivity index (χ0v) is 11.0. The highest BCUT2D eigenvalue weighted by molar-refractivity contribution is 5.83. The predicted octanol–water partition coefficient (Wildman–Crippen LogP) is -2.11. The Morgan fingerprint density at radius 1 is 1.11 bits per heavy atom. The number of amides is 1. The van der Waals surface area contributed by atoms with Gasteiger partial charge in [-0.1, -0.05) is 20.3 Å². The molecule has 0 heterocycles. The Morgan fingerprint density at radius 3 is 1.63 bits per heavy atom. The quantitative estimate of drug-likeness (QED) is 0.366. The number of primary amides is 1. The lowest BCUT2D eigenvalue weighted by Gasteiger charge is -2.11. The maximum absolute atomic E-state index is 10.2. The normalized spacial score (nSPS) is 13.9. The Morgan fingerprint density at radius 2 is 1.53 bits per heavy atom. The van der Waals surface area contributed by atoms with Gasteiger partial charge in [0.25, 0.3) is 0 Å². The summed E-state index contributed by atoms with van der Waals surface area (Å²) in [4.78, 5) is 30.1. The van der Waals surface area contributed by atoms with E-state index in [0.29, 0.717) is 0 Å². The first kappa shape index (κ1) is 22.5. The summed E-state index contributed by atoms with van der Waals surface area (Å²) >= 11 is 0. The molecule has 0 aliphatic rings. The second kappa shape index (κ2) is 11.4. The molecule has 3 unspecified atom stereocenters. The third kappa shape index (κ3) is 12.5. The molecule has 0 radical (unpaired) electrons. The highest BCUT2D eigenvalue weighted by Gasteiger charge is 2.17. The minimum absolute atomic E-state index is 0. The van der Waals surface area contributed by atoms with Crippen LogP contribution in [0.15, 0.2) is 0 Å². The summed E-state index contributed by atoms with van der Waals surface area (Å²) in [6.07, 6.45) is 0.503. The third-order valence-electron chi connectivity index (χ3n) is 2.28. The second-order valence-corrected chi connectivity index (χ2v) is 3.86. The molecule has 0 fully saturated rings. The van der Waals surface area contributed by atoms with E-state index in [1.807, 2.05) is 13.8 Å². The van der Waals surface area contributed by atoms with Crippen LogP contribution in [-0.2, 0) is 14.4 Å². The molecule has 114 valence electrons. The lowest BCUT2D eigenvalue weighted by Crippen LogP contribution is -2.36. The van der Waals surface area contributed by atoms with Crippen molar-refractivity contribution in [3.63, 3.8) is 0 Å². The van der Waals surface area contributed by atoms with Gasteiger partial charge in [0.2, 0.25) is 5.91 Å². The smallest absolute Gasteiger partial charge is 0.321 e. The van der Waals surface area contributed by atoms with Crippen LogP contribution >= 0.6 is 0 Å². The maximum Gasteiger partial charge on any atom is 0.321 e. The van der Waals surface area contributed by atoms with Crippen LogP contribution in [0.25, 0.3) is 0 Å². The number of rotatable bonds is 6. The van der Waals surface area contributed by atoms with Crippen molar-refractivity contribution in [3.05, 3.63) is 0 Å². The van der Waals surface area contributed by atoms with E-state index in [-0.39, 0.29) is 17.8 Å². The first-order valence-electron chi connectivity index (χ1n) is 5.38. The van der Waals surface area contributed by atoms with Crippen LogP contribution in [0.3, 0.4) is 0 Å². The van der Waals surface area contributed by atoms with Crippen molar-refractivity contribution in [1.29, 1.82) is 0 Å². The van der Waals surface area contributed by atoms with Crippen LogP contribution in [0.1, 0.15) is 26.7 Å². The van der Waals surface area contributed by atoms with Crippen LogP contribution in [0.2, 0.25) is 0 Å². The Labute approximate surface area is 111 Å². The summed E-state index contributed by atoms with van der Waals surface area (Å²) in [6.45, 7) is 3.76. The van der Waals surface area contributed by atoms with E-state index >= 15 is 0 Å². The average molecular weight is 281 g/mol. The largest absolute Gasteiger partial charge is 0.480 e. The number of hydrogen-bond donors (Lipinski definition) is 5. The molecule has 0 aromatic carbocycles. The topological polar surface area (TPSA) is 201 Å². The van der Waals surface area contributed by atoms with E-state index in [4.69, 9.17) is 21.7 Å². The number of carboxylic acid groups (broad SMARTS) is 2. The minimum atomic E-state index is -1.21. The summed E-state index contributed by atoms with van der Waals surface area (Å²) in [5, 5.41) is 16.5. The first-order chi connectivity index (χ1) is 8.13. The summed E-state index contributed by atoms with van der Waals surface area (Å²) in [7, 11) is 0. The van der Waals surface area contributed by atoms with Gasteiger partial charge in [-0.15, -0.1) is 0 Å². The number of carbonyl (C=O) groups is 3. The monoisotopic (exact) mass is 281 g/mol. The highest BCUT2D eigenvalue weighted by Crippen LogP contribution is 2.04. The van der Waals surface area contributed by atoms with E-state index in [9.17, 15) is 14.4 Å². The van der Waals surface area contributed by atoms with Crippen molar-refractivity contribution in [2.75, 3.05) is 0 Å². The van der Waals surface area contributed by atoms with Gasteiger partial charge in [0.05, 0.1) is 6.42 Å². The van der Waals surface area contributed by atoms with E-state index < -0.39 is 29.9 Å². The molecule has 19 heavy (non-hydrogen) atoms. The van der Waals surface area contributed by atoms with Crippen LogP contribution in [-0.4, -0.2) is 45.6 Å². The summed E-state index contributed by atoms with van der Waals surface area (Å²) in [6, 6.07) is -1.86. The van der Waals surface area contributed by atoms with E-state index in [1.54, 1.807) is 0 Å². The second-order valence-electron chi connectivity index (χ2n) is 3.86. The van der Waals surface area contributed by atoms with Gasteiger partial charge in [0, 0.05) is 0 Å². The van der Waals surface area contributed by atoms with Crippen molar-refractivity contribution < 1.29 is 30.1 Å². The fraction of sp³-hybridized carbons (Fsp3) is 0.700. The van der Waals surface area contributed by atoms with Gasteiger partial charge in [-0.25, -0.2) is 0 Å². The van der Waals surface area contributed by atoms with E-state index in [0.717, 1.165) is 6.42 Å². The highest BCUT2D eigenvalue weighted by atomic mass is 16.4. The van der Waals surface area contributed by atoms with Gasteiger partial charge in [-0.3, -0.25) is 14.4 Å². The lowest BCUT2D eigenvalue weighted by molar-refractivity contribution is -0.140. The fourth-order valence-corrected chi connectivity index (χ4v) is 0.801. The van der Waals surface area contributed by atoms with Crippen LogP contribution < -0.4 is 17.2 Å². The molecular weight excluding hydrogens is 258 g/mol. The summed E-state index contributed by atoms with van der Waals surface area (Å²) in [5.74, 6) is -2.76. The zero-order valence-electron chi connectivity index (χ0n) is 11.0. The van der Waals surface area contributed by atoms with Crippen molar-refractivity contribution in [2.24, 2.45) is 23.1 Å². The van der Waals surface area contributed by atoms with Gasteiger partial charge >= 0.3 is 11.9 Å². The molecule has 0 aliphatic carbocycles. The molecule has 9 nitrogen and oxygen atoms in total. The maximum atomic E-state index is 10.2. The molecular formula is C10H23N3O6. The van der Waals surface area contributed by atoms with Crippen molar-refractivity contribution in [3.8, 4) is 0 Å². The van der Waals surface area contributed by atoms with Crippen LogP contribution in [0.5, 0.6) is 0 Å². The minimum Gasteiger partial charge on any atom is -0.480 e. The molecule has 1 amide bonds. The molecule has 0 aromatic rings. The zero-order chi connectivity index (χ0) is 14.9. The number of hydrogen-bond acceptors (Lipinski definition) is 5. The molecule has 0 aromatic heterocycles. The number of nitrogens with two attached hydrogens (primary N) is 3. The molecule has 10 N–H and O–H groups in total. The molecule has 9 heteroatoms. The van der Waals surface area contributed by atoms with Crippen LogP contribution in [0.4, 0.5) is 0 Å². The molecule has 0 aliphatic heterocycles. The standard InChI is InChI=1S/C6H13NO2.C4H8N2O3.H2O/c1-3-4(2)5(7)6(8)9;5-2(4(8)9)1-3(6)7;/h4-5H,3,7H2,1-2H3,(H,8,9);2H,1,5H2,(H2,6,7)(H,8,9);1H2. The van der Waals surface area contributed by atoms with Gasteiger partial charge < -0.3 is 32.9 Å². The SMILES string of the molecule is CCC(C)C(N)C(=O)O.NC(=O)CC(N)C(=O)O.O. The number of aliphatic carboxylic acids is 2. The average Bonchev–Trinajstić information content (AvgIpc) is 2.26. The lowest BCUT2D eigenvalue weighted by atomic mass is 10.0. The van der Waals surface area contributed by atoms with Gasteiger partial charge in [-0.2, -0.15) is 0 Å². The van der Waals surface area contributed by atoms with E-state index in [2.05, 4.69) is 5.73 Å². The summed E-state index contributed by atoms with van der Waals surface area (Å²) < 4.78 is 0. The third-order valence-corrected chi connectivity index (χ3v) is 2.28. The van der Waals surface area contributed by atoms with Gasteiger partial charge in [0.1, 0.15) is 12.1 Å². The fourth-order valence-electron chi connectivity index (χ4n) is 0.801. The Bertz CT molecular complexity index is 297. The Hall–Kier alpha value is -1.71. The first-order valence-corrected chi connectivity index (χ1v) is 5.38.